The molecule has 0 rings (SSSR count). The maximum atomic E-state index is 6.49. The second kappa shape index (κ2) is 6.47. The second-order valence-electron chi connectivity index (χ2n) is 1.70. The number of hydrogen-bond donors (Lipinski definition) is 1. The predicted molar refractivity (Wildman–Crippen MR) is 34.3 cm³/mol. The Morgan fingerprint density at radius 2 is 2.25 bits per heavy atom. The minimum Gasteiger partial charge on any atom is -0.484 e. The average molecular weight is 115 g/mol. The molecule has 0 unspecified atom stereocenters. The highest BCUT2D eigenvalue weighted by Crippen LogP contribution is 1.92. The highest BCUT2D eigenvalue weighted by Gasteiger charge is 1.81. The van der Waals surface area contributed by atoms with Crippen molar-refractivity contribution >= 4 is 6.40 Å². The summed E-state index contributed by atoms with van der Waals surface area (Å²) in [6.45, 7) is 2.85. The van der Waals surface area contributed by atoms with Gasteiger partial charge >= 0.3 is 0 Å². The fourth-order valence-corrected chi connectivity index (χ4v) is 0.494. The van der Waals surface area contributed by atoms with E-state index in [4.69, 9.17) is 5.41 Å². The largest absolute Gasteiger partial charge is 0.484 e. The Kier molecular flexibility index (Phi) is 6.04. The molecular weight excluding hydrogens is 102 g/mol. The van der Waals surface area contributed by atoms with Crippen LogP contribution in [0.2, 0.25) is 0 Å². The van der Waals surface area contributed by atoms with Gasteiger partial charge in [-0.15, -0.1) is 0 Å². The molecule has 0 fully saturated rings. The lowest BCUT2D eigenvalue weighted by Crippen LogP contribution is -1.89. The molecule has 2 heteroatoms. The standard InChI is InChI=1S/C6H13NO/c1-2-3-4-5-8-6-7/h6-7H,2-5H2,1H3. The van der Waals surface area contributed by atoms with E-state index >= 15 is 0 Å². The molecule has 0 aromatic rings. The minimum absolute atomic E-state index is 0.706. The lowest BCUT2D eigenvalue weighted by molar-refractivity contribution is 0.306. The van der Waals surface area contributed by atoms with E-state index in [9.17, 15) is 0 Å². The van der Waals surface area contributed by atoms with Crippen molar-refractivity contribution in [3.8, 4) is 0 Å². The van der Waals surface area contributed by atoms with Gasteiger partial charge in [0.2, 0.25) is 0 Å². The SMILES string of the molecule is CCCCCOC=N. The Morgan fingerprint density at radius 1 is 1.50 bits per heavy atom. The summed E-state index contributed by atoms with van der Waals surface area (Å²) in [6, 6.07) is 0. The van der Waals surface area contributed by atoms with Gasteiger partial charge in [-0.25, -0.2) is 0 Å². The summed E-state index contributed by atoms with van der Waals surface area (Å²) in [5.41, 5.74) is 0. The van der Waals surface area contributed by atoms with Crippen molar-refractivity contribution in [1.82, 2.24) is 0 Å². The monoisotopic (exact) mass is 115 g/mol. The number of hydrogen-bond acceptors (Lipinski definition) is 2. The van der Waals surface area contributed by atoms with Gasteiger partial charge in [0.1, 0.15) is 0 Å². The van der Waals surface area contributed by atoms with Gasteiger partial charge in [0.15, 0.2) is 6.40 Å². The molecule has 0 aliphatic rings. The van der Waals surface area contributed by atoms with Gasteiger partial charge in [-0.2, -0.15) is 0 Å². The smallest absolute Gasteiger partial charge is 0.166 e. The van der Waals surface area contributed by atoms with Crippen molar-refractivity contribution in [2.24, 2.45) is 0 Å². The van der Waals surface area contributed by atoms with Gasteiger partial charge in [-0.3, -0.25) is 5.41 Å². The molecule has 0 bridgehead atoms. The minimum atomic E-state index is 0.706. The molecule has 0 aliphatic heterocycles. The number of unbranched alkanes of at least 4 members (excludes halogenated alkanes) is 2. The van der Waals surface area contributed by atoms with Crippen molar-refractivity contribution < 1.29 is 4.74 Å². The summed E-state index contributed by atoms with van der Waals surface area (Å²) in [5, 5.41) is 6.49. The maximum absolute atomic E-state index is 6.49. The van der Waals surface area contributed by atoms with Crippen LogP contribution in [0.15, 0.2) is 0 Å². The molecule has 2 nitrogen and oxygen atoms in total. The Morgan fingerprint density at radius 3 is 2.75 bits per heavy atom. The predicted octanol–water partition coefficient (Wildman–Crippen LogP) is 1.80. The summed E-state index contributed by atoms with van der Waals surface area (Å²) in [7, 11) is 0. The third-order valence-electron chi connectivity index (χ3n) is 0.949. The molecule has 0 saturated heterocycles. The van der Waals surface area contributed by atoms with Crippen LogP contribution in [0, 0.1) is 5.41 Å². The van der Waals surface area contributed by atoms with Crippen molar-refractivity contribution in [3.05, 3.63) is 0 Å². The fraction of sp³-hybridized carbons (Fsp3) is 0.833. The van der Waals surface area contributed by atoms with Crippen LogP contribution in [0.4, 0.5) is 0 Å². The van der Waals surface area contributed by atoms with Gasteiger partial charge < -0.3 is 4.74 Å². The lowest BCUT2D eigenvalue weighted by Gasteiger charge is -1.95. The van der Waals surface area contributed by atoms with E-state index in [2.05, 4.69) is 11.7 Å². The third kappa shape index (κ3) is 5.47. The van der Waals surface area contributed by atoms with Gasteiger partial charge in [0.25, 0.3) is 0 Å². The zero-order chi connectivity index (χ0) is 6.24. The molecule has 1 N–H and O–H groups in total. The molecule has 0 saturated carbocycles. The van der Waals surface area contributed by atoms with Crippen LogP contribution < -0.4 is 0 Å². The molecule has 0 radical (unpaired) electrons. The summed E-state index contributed by atoms with van der Waals surface area (Å²) in [6.07, 6.45) is 4.48. The first-order valence-electron chi connectivity index (χ1n) is 3.02. The van der Waals surface area contributed by atoms with E-state index in [0.717, 1.165) is 12.8 Å². The van der Waals surface area contributed by atoms with Crippen LogP contribution in [0.3, 0.4) is 0 Å². The number of ether oxygens (including phenoxy) is 1. The van der Waals surface area contributed by atoms with Crippen LogP contribution in [-0.4, -0.2) is 13.0 Å². The van der Waals surface area contributed by atoms with Crippen molar-refractivity contribution in [2.45, 2.75) is 26.2 Å². The number of nitrogens with one attached hydrogen (secondary N) is 1. The highest BCUT2D eigenvalue weighted by molar-refractivity contribution is 5.40. The number of rotatable bonds is 5. The molecular formula is C6H13NO. The zero-order valence-corrected chi connectivity index (χ0v) is 5.31. The quantitative estimate of drug-likeness (QED) is 0.331. The van der Waals surface area contributed by atoms with Crippen LogP contribution >= 0.6 is 0 Å². The molecule has 0 aliphatic carbocycles. The Hall–Kier alpha value is -0.530. The van der Waals surface area contributed by atoms with E-state index in [1.54, 1.807) is 0 Å². The normalized spacial score (nSPS) is 8.62. The van der Waals surface area contributed by atoms with E-state index in [1.165, 1.54) is 12.8 Å². The molecule has 0 spiro atoms. The zero-order valence-electron chi connectivity index (χ0n) is 5.31. The summed E-state index contributed by atoms with van der Waals surface area (Å²) < 4.78 is 4.68. The van der Waals surface area contributed by atoms with Gasteiger partial charge in [0.05, 0.1) is 6.61 Å². The summed E-state index contributed by atoms with van der Waals surface area (Å²) >= 11 is 0. The fourth-order valence-electron chi connectivity index (χ4n) is 0.494. The first-order valence-corrected chi connectivity index (χ1v) is 3.02. The summed E-state index contributed by atoms with van der Waals surface area (Å²) in [5.74, 6) is 0. The van der Waals surface area contributed by atoms with Gasteiger partial charge in [-0.05, 0) is 6.42 Å². The lowest BCUT2D eigenvalue weighted by atomic mass is 10.3. The first-order chi connectivity index (χ1) is 3.91. The Labute approximate surface area is 50.4 Å². The van der Waals surface area contributed by atoms with Gasteiger partial charge in [0, 0.05) is 0 Å². The first kappa shape index (κ1) is 7.47. The third-order valence-corrected chi connectivity index (χ3v) is 0.949. The second-order valence-corrected chi connectivity index (χ2v) is 1.70. The molecule has 8 heavy (non-hydrogen) atoms. The van der Waals surface area contributed by atoms with Crippen LogP contribution in [0.5, 0.6) is 0 Å². The average Bonchev–Trinajstić information content (AvgIpc) is 1.81. The van der Waals surface area contributed by atoms with Crippen molar-refractivity contribution in [2.75, 3.05) is 6.61 Å². The van der Waals surface area contributed by atoms with Crippen molar-refractivity contribution in [1.29, 1.82) is 5.41 Å². The van der Waals surface area contributed by atoms with Crippen LogP contribution in [0.25, 0.3) is 0 Å². The maximum Gasteiger partial charge on any atom is 0.166 e. The molecule has 0 heterocycles. The van der Waals surface area contributed by atoms with E-state index in [-0.39, 0.29) is 0 Å². The summed E-state index contributed by atoms with van der Waals surface area (Å²) in [4.78, 5) is 0. The highest BCUT2D eigenvalue weighted by atomic mass is 16.5. The molecule has 0 amide bonds. The Bertz CT molecular complexity index is 54.5. The van der Waals surface area contributed by atoms with E-state index in [1.807, 2.05) is 0 Å². The van der Waals surface area contributed by atoms with Crippen LogP contribution in [0.1, 0.15) is 26.2 Å². The topological polar surface area (TPSA) is 33.1 Å². The molecule has 48 valence electrons. The van der Waals surface area contributed by atoms with Crippen molar-refractivity contribution in [3.63, 3.8) is 0 Å². The molecule has 0 aromatic heterocycles. The molecule has 0 atom stereocenters. The Balaban J connectivity index is 2.62. The van der Waals surface area contributed by atoms with Gasteiger partial charge in [-0.1, -0.05) is 19.8 Å². The van der Waals surface area contributed by atoms with E-state index in [0.29, 0.717) is 6.61 Å². The van der Waals surface area contributed by atoms with Crippen LogP contribution in [-0.2, 0) is 4.74 Å². The van der Waals surface area contributed by atoms with E-state index < -0.39 is 0 Å². The molecule has 0 aromatic carbocycles.